The normalized spacial score (nSPS) is 16.3. The van der Waals surface area contributed by atoms with Gasteiger partial charge in [-0.1, -0.05) is 0 Å². The predicted octanol–water partition coefficient (Wildman–Crippen LogP) is 0.991. The first kappa shape index (κ1) is 9.65. The van der Waals surface area contributed by atoms with E-state index in [-0.39, 0.29) is 13.0 Å². The van der Waals surface area contributed by atoms with E-state index in [1.165, 1.54) is 6.92 Å². The van der Waals surface area contributed by atoms with E-state index in [0.29, 0.717) is 6.42 Å². The standard InChI is InChI=1S/C5H10ClNO3/c1-5(6,7(9)10)3-2-4-8/h8H,2-4H2,1H3. The van der Waals surface area contributed by atoms with E-state index >= 15 is 0 Å². The van der Waals surface area contributed by atoms with Crippen molar-refractivity contribution in [2.45, 2.75) is 24.8 Å². The number of halogens is 1. The topological polar surface area (TPSA) is 63.4 Å². The Morgan fingerprint density at radius 1 is 1.80 bits per heavy atom. The third-order valence-electron chi connectivity index (χ3n) is 1.17. The second-order valence-corrected chi connectivity index (χ2v) is 3.04. The van der Waals surface area contributed by atoms with E-state index in [4.69, 9.17) is 16.7 Å². The minimum atomic E-state index is -1.41. The number of rotatable bonds is 4. The van der Waals surface area contributed by atoms with Crippen LogP contribution in [0.2, 0.25) is 0 Å². The van der Waals surface area contributed by atoms with E-state index in [1.807, 2.05) is 0 Å². The van der Waals surface area contributed by atoms with E-state index in [2.05, 4.69) is 0 Å². The molecule has 0 aromatic heterocycles. The Labute approximate surface area is 63.9 Å². The van der Waals surface area contributed by atoms with Gasteiger partial charge in [0.15, 0.2) is 0 Å². The molecular weight excluding hydrogens is 158 g/mol. The van der Waals surface area contributed by atoms with Crippen LogP contribution < -0.4 is 0 Å². The zero-order valence-corrected chi connectivity index (χ0v) is 6.47. The first-order chi connectivity index (χ1) is 4.50. The lowest BCUT2D eigenvalue weighted by Crippen LogP contribution is -2.27. The van der Waals surface area contributed by atoms with Crippen molar-refractivity contribution in [1.82, 2.24) is 0 Å². The Hall–Kier alpha value is -0.350. The number of aliphatic hydroxyl groups excluding tert-OH is 1. The maximum atomic E-state index is 10.1. The first-order valence-electron chi connectivity index (χ1n) is 2.95. The molecule has 0 aliphatic carbocycles. The Morgan fingerprint density at radius 3 is 2.60 bits per heavy atom. The zero-order valence-electron chi connectivity index (χ0n) is 5.71. The fourth-order valence-corrected chi connectivity index (χ4v) is 0.627. The van der Waals surface area contributed by atoms with Gasteiger partial charge in [0.1, 0.15) is 0 Å². The van der Waals surface area contributed by atoms with Crippen LogP contribution in [0.3, 0.4) is 0 Å². The van der Waals surface area contributed by atoms with Crippen LogP contribution in [0.5, 0.6) is 0 Å². The highest BCUT2D eigenvalue weighted by molar-refractivity contribution is 6.22. The molecule has 0 radical (unpaired) electrons. The van der Waals surface area contributed by atoms with Crippen molar-refractivity contribution in [3.8, 4) is 0 Å². The predicted molar refractivity (Wildman–Crippen MR) is 37.6 cm³/mol. The van der Waals surface area contributed by atoms with Gasteiger partial charge in [-0.3, -0.25) is 10.1 Å². The van der Waals surface area contributed by atoms with Crippen molar-refractivity contribution in [1.29, 1.82) is 0 Å². The van der Waals surface area contributed by atoms with E-state index < -0.39 is 9.92 Å². The summed E-state index contributed by atoms with van der Waals surface area (Å²) in [5.41, 5.74) is 0. The molecule has 0 aliphatic heterocycles. The van der Waals surface area contributed by atoms with Gasteiger partial charge < -0.3 is 5.11 Å². The van der Waals surface area contributed by atoms with Gasteiger partial charge in [-0.05, 0) is 18.0 Å². The largest absolute Gasteiger partial charge is 0.396 e. The molecule has 4 nitrogen and oxygen atoms in total. The number of aliphatic hydroxyl groups is 1. The van der Waals surface area contributed by atoms with Crippen LogP contribution in [0.1, 0.15) is 19.8 Å². The minimum absolute atomic E-state index is 0.0594. The molecule has 5 heteroatoms. The summed E-state index contributed by atoms with van der Waals surface area (Å²) in [6.45, 7) is 1.26. The molecule has 60 valence electrons. The van der Waals surface area contributed by atoms with Crippen molar-refractivity contribution in [3.05, 3.63) is 10.1 Å². The quantitative estimate of drug-likeness (QED) is 0.294. The highest BCUT2D eigenvalue weighted by atomic mass is 35.5. The molecule has 0 aromatic rings. The van der Waals surface area contributed by atoms with Crippen LogP contribution in [0, 0.1) is 10.1 Å². The summed E-state index contributed by atoms with van der Waals surface area (Å²) in [5, 5.41) is 18.4. The van der Waals surface area contributed by atoms with Crippen molar-refractivity contribution >= 4 is 11.6 Å². The Balaban J connectivity index is 3.75. The molecule has 0 amide bonds. The van der Waals surface area contributed by atoms with Gasteiger partial charge in [-0.25, -0.2) is 0 Å². The highest BCUT2D eigenvalue weighted by Gasteiger charge is 2.32. The fraction of sp³-hybridized carbons (Fsp3) is 1.00. The molecule has 1 N–H and O–H groups in total. The van der Waals surface area contributed by atoms with Crippen LogP contribution in [0.4, 0.5) is 0 Å². The number of hydrogen-bond acceptors (Lipinski definition) is 3. The maximum absolute atomic E-state index is 10.1. The summed E-state index contributed by atoms with van der Waals surface area (Å²) in [7, 11) is 0. The monoisotopic (exact) mass is 167 g/mol. The van der Waals surface area contributed by atoms with Gasteiger partial charge in [0, 0.05) is 24.9 Å². The van der Waals surface area contributed by atoms with Gasteiger partial charge >= 0.3 is 0 Å². The molecule has 0 bridgehead atoms. The SMILES string of the molecule is CC(Cl)(CCCO)[N+](=O)[O-]. The van der Waals surface area contributed by atoms with Gasteiger partial charge in [0.25, 0.3) is 5.00 Å². The second-order valence-electron chi connectivity index (χ2n) is 2.23. The highest BCUT2D eigenvalue weighted by Crippen LogP contribution is 2.20. The van der Waals surface area contributed by atoms with Crippen LogP contribution in [-0.2, 0) is 0 Å². The lowest BCUT2D eigenvalue weighted by atomic mass is 10.2. The number of alkyl halides is 1. The first-order valence-corrected chi connectivity index (χ1v) is 3.33. The van der Waals surface area contributed by atoms with Crippen LogP contribution in [0.25, 0.3) is 0 Å². The van der Waals surface area contributed by atoms with Crippen molar-refractivity contribution in [2.75, 3.05) is 6.61 Å². The lowest BCUT2D eigenvalue weighted by molar-refractivity contribution is -0.538. The van der Waals surface area contributed by atoms with E-state index in [9.17, 15) is 10.1 Å². The Morgan fingerprint density at radius 2 is 2.30 bits per heavy atom. The molecule has 0 heterocycles. The summed E-state index contributed by atoms with van der Waals surface area (Å²) in [5.74, 6) is 0. The Kier molecular flexibility index (Phi) is 3.60. The average molecular weight is 168 g/mol. The van der Waals surface area contributed by atoms with Crippen molar-refractivity contribution in [3.63, 3.8) is 0 Å². The van der Waals surface area contributed by atoms with Gasteiger partial charge in [-0.2, -0.15) is 0 Å². The summed E-state index contributed by atoms with van der Waals surface area (Å²) in [4.78, 5) is 8.15. The molecule has 0 saturated carbocycles. The molecule has 0 spiro atoms. The molecule has 0 rings (SSSR count). The lowest BCUT2D eigenvalue weighted by Gasteiger charge is -2.10. The molecule has 0 aliphatic rings. The van der Waals surface area contributed by atoms with Gasteiger partial charge in [0.2, 0.25) is 0 Å². The average Bonchev–Trinajstić information content (AvgIpc) is 1.84. The van der Waals surface area contributed by atoms with Crippen molar-refractivity contribution < 1.29 is 10.0 Å². The summed E-state index contributed by atoms with van der Waals surface area (Å²) in [6.07, 6.45) is 0.555. The molecule has 0 saturated heterocycles. The maximum Gasteiger partial charge on any atom is 0.292 e. The zero-order chi connectivity index (χ0) is 8.20. The third kappa shape index (κ3) is 2.98. The van der Waals surface area contributed by atoms with Crippen LogP contribution >= 0.6 is 11.6 Å². The molecule has 0 aromatic carbocycles. The van der Waals surface area contributed by atoms with Gasteiger partial charge in [0.05, 0.1) is 0 Å². The molecule has 1 atom stereocenters. The smallest absolute Gasteiger partial charge is 0.292 e. The summed E-state index contributed by atoms with van der Waals surface area (Å²) < 4.78 is 0. The Bertz CT molecular complexity index is 126. The van der Waals surface area contributed by atoms with E-state index in [1.54, 1.807) is 0 Å². The molecular formula is C5H10ClNO3. The summed E-state index contributed by atoms with van der Waals surface area (Å²) >= 11 is 5.44. The van der Waals surface area contributed by atoms with Crippen molar-refractivity contribution in [2.24, 2.45) is 0 Å². The van der Waals surface area contributed by atoms with E-state index in [0.717, 1.165) is 0 Å². The van der Waals surface area contributed by atoms with Crippen LogP contribution in [-0.4, -0.2) is 21.6 Å². The fourth-order valence-electron chi connectivity index (χ4n) is 0.493. The third-order valence-corrected chi connectivity index (χ3v) is 1.50. The van der Waals surface area contributed by atoms with Gasteiger partial charge in [-0.15, -0.1) is 0 Å². The molecule has 10 heavy (non-hydrogen) atoms. The number of nitrogens with zero attached hydrogens (tertiary/aromatic N) is 1. The summed E-state index contributed by atoms with van der Waals surface area (Å²) in [6, 6.07) is 0. The molecule has 0 fully saturated rings. The second kappa shape index (κ2) is 3.73. The minimum Gasteiger partial charge on any atom is -0.396 e. The number of nitro groups is 1. The van der Waals surface area contributed by atoms with Crippen LogP contribution in [0.15, 0.2) is 0 Å². The number of hydrogen-bond donors (Lipinski definition) is 1. The molecule has 1 unspecified atom stereocenters.